The average Bonchev–Trinajstić information content (AvgIpc) is 1.67. The monoisotopic (exact) mass is 123 g/mol. The molecule has 0 fully saturated rings. The number of rotatable bonds is 2. The summed E-state index contributed by atoms with van der Waals surface area (Å²) in [4.78, 5) is 0. The van der Waals surface area contributed by atoms with Gasteiger partial charge >= 0.3 is 0 Å². The van der Waals surface area contributed by atoms with Gasteiger partial charge in [-0.3, -0.25) is 5.21 Å². The Labute approximate surface area is 47.6 Å². The molecule has 0 aliphatic carbocycles. The Balaban J connectivity index is 3.71. The molecule has 0 aromatic heterocycles. The number of hydroxylamine groups is 1. The highest BCUT2D eigenvalue weighted by atomic mass is 19.2. The lowest BCUT2D eigenvalue weighted by atomic mass is 10.3. The third kappa shape index (κ3) is 1.73. The number of methoxy groups -OCH3 is 1. The zero-order valence-corrected chi connectivity index (χ0v) is 5.18. The van der Waals surface area contributed by atoms with E-state index in [1.807, 2.05) is 0 Å². The quantitative estimate of drug-likeness (QED) is 0.337. The first-order valence-electron chi connectivity index (χ1n) is 2.21. The van der Waals surface area contributed by atoms with Crippen LogP contribution >= 0.6 is 0 Å². The molecule has 8 heavy (non-hydrogen) atoms. The Bertz CT molecular complexity index is 74.4. The van der Waals surface area contributed by atoms with E-state index in [0.717, 1.165) is 0 Å². The number of hydrogen-bond donors (Lipinski definition) is 1. The SMILES string of the molecule is COC(C)(C)N(O)F. The van der Waals surface area contributed by atoms with Gasteiger partial charge in [-0.15, -0.1) is 4.48 Å². The van der Waals surface area contributed by atoms with Crippen LogP contribution in [0.1, 0.15) is 13.8 Å². The molecular formula is C4H10FNO2. The van der Waals surface area contributed by atoms with Crippen molar-refractivity contribution in [2.75, 3.05) is 7.11 Å². The molecule has 3 nitrogen and oxygen atoms in total. The van der Waals surface area contributed by atoms with Crippen LogP contribution in [0.25, 0.3) is 0 Å². The maximum absolute atomic E-state index is 11.7. The molecule has 0 aromatic rings. The molecule has 0 atom stereocenters. The highest BCUT2D eigenvalue weighted by Crippen LogP contribution is 2.11. The van der Waals surface area contributed by atoms with E-state index in [0.29, 0.717) is 0 Å². The molecule has 50 valence electrons. The van der Waals surface area contributed by atoms with Crippen LogP contribution in [0, 0.1) is 0 Å². The highest BCUT2D eigenvalue weighted by molar-refractivity contribution is 4.53. The smallest absolute Gasteiger partial charge is 0.169 e. The van der Waals surface area contributed by atoms with Crippen molar-refractivity contribution < 1.29 is 14.4 Å². The maximum atomic E-state index is 11.7. The van der Waals surface area contributed by atoms with Gasteiger partial charge in [0.15, 0.2) is 5.72 Å². The van der Waals surface area contributed by atoms with Crippen LogP contribution in [0.3, 0.4) is 0 Å². The van der Waals surface area contributed by atoms with Crippen molar-refractivity contribution in [3.63, 3.8) is 0 Å². The molecule has 1 N–H and O–H groups in total. The summed E-state index contributed by atoms with van der Waals surface area (Å²) >= 11 is 0. The largest absolute Gasteiger partial charge is 0.359 e. The van der Waals surface area contributed by atoms with E-state index < -0.39 is 11.0 Å². The summed E-state index contributed by atoms with van der Waals surface area (Å²) < 4.78 is 16.2. The van der Waals surface area contributed by atoms with Gasteiger partial charge < -0.3 is 4.74 Å². The second kappa shape index (κ2) is 2.39. The zero-order chi connectivity index (χ0) is 6.78. The molecule has 0 unspecified atom stereocenters. The Morgan fingerprint density at radius 1 is 1.62 bits per heavy atom. The van der Waals surface area contributed by atoms with Gasteiger partial charge in [-0.25, -0.2) is 0 Å². The molecular weight excluding hydrogens is 113 g/mol. The molecule has 0 radical (unpaired) electrons. The Kier molecular flexibility index (Phi) is 2.33. The third-order valence-electron chi connectivity index (χ3n) is 0.944. The number of ether oxygens (including phenoxy) is 1. The van der Waals surface area contributed by atoms with E-state index in [-0.39, 0.29) is 0 Å². The van der Waals surface area contributed by atoms with Gasteiger partial charge in [-0.05, 0) is 13.8 Å². The third-order valence-corrected chi connectivity index (χ3v) is 0.944. The lowest BCUT2D eigenvalue weighted by Crippen LogP contribution is -2.37. The highest BCUT2D eigenvalue weighted by Gasteiger charge is 2.24. The molecule has 0 amide bonds. The predicted octanol–water partition coefficient (Wildman–Crippen LogP) is 0.945. The molecule has 0 saturated heterocycles. The van der Waals surface area contributed by atoms with E-state index in [1.54, 1.807) is 0 Å². The number of halogens is 1. The normalized spacial score (nSPS) is 12.8. The van der Waals surface area contributed by atoms with E-state index in [2.05, 4.69) is 4.74 Å². The van der Waals surface area contributed by atoms with Gasteiger partial charge in [0.1, 0.15) is 0 Å². The molecule has 0 heterocycles. The summed E-state index contributed by atoms with van der Waals surface area (Å²) in [5.74, 6) is 0. The average molecular weight is 123 g/mol. The molecule has 0 saturated carbocycles. The lowest BCUT2D eigenvalue weighted by molar-refractivity contribution is -0.357. The van der Waals surface area contributed by atoms with Crippen molar-refractivity contribution in [3.8, 4) is 0 Å². The van der Waals surface area contributed by atoms with Crippen LogP contribution in [0.4, 0.5) is 4.48 Å². The fourth-order valence-electron chi connectivity index (χ4n) is 0.0753. The summed E-state index contributed by atoms with van der Waals surface area (Å²) in [6.07, 6.45) is 0. The van der Waals surface area contributed by atoms with Crippen LogP contribution < -0.4 is 0 Å². The first-order chi connectivity index (χ1) is 3.50. The standard InChI is InChI=1S/C4H10FNO2/c1-4(2,8-3)6(5)7/h7H,1-3H3. The van der Waals surface area contributed by atoms with Gasteiger partial charge in [0, 0.05) is 12.4 Å². The Morgan fingerprint density at radius 2 is 2.00 bits per heavy atom. The summed E-state index contributed by atoms with van der Waals surface area (Å²) in [5.41, 5.74) is -1.24. The van der Waals surface area contributed by atoms with Gasteiger partial charge in [0.2, 0.25) is 0 Å². The van der Waals surface area contributed by atoms with Gasteiger partial charge in [0.05, 0.1) is 0 Å². The molecule has 0 aliphatic rings. The van der Waals surface area contributed by atoms with Crippen LogP contribution in [0.5, 0.6) is 0 Å². The minimum absolute atomic E-state index is 0.479. The summed E-state index contributed by atoms with van der Waals surface area (Å²) in [7, 11) is 1.31. The van der Waals surface area contributed by atoms with Crippen molar-refractivity contribution in [1.82, 2.24) is 5.29 Å². The predicted molar refractivity (Wildman–Crippen MR) is 25.8 cm³/mol. The molecule has 0 bridgehead atoms. The lowest BCUT2D eigenvalue weighted by Gasteiger charge is -2.23. The minimum atomic E-state index is -1.24. The fraction of sp³-hybridized carbons (Fsp3) is 1.00. The van der Waals surface area contributed by atoms with Crippen LogP contribution in [-0.2, 0) is 4.74 Å². The first-order valence-corrected chi connectivity index (χ1v) is 2.21. The molecule has 0 rings (SSSR count). The summed E-state index contributed by atoms with van der Waals surface area (Å²) in [6.45, 7) is 2.79. The number of nitrogens with zero attached hydrogens (tertiary/aromatic N) is 1. The molecule has 0 aromatic carbocycles. The molecule has 4 heteroatoms. The second-order valence-corrected chi connectivity index (χ2v) is 1.91. The van der Waals surface area contributed by atoms with E-state index in [4.69, 9.17) is 5.21 Å². The van der Waals surface area contributed by atoms with Crippen LogP contribution in [-0.4, -0.2) is 23.3 Å². The van der Waals surface area contributed by atoms with Crippen LogP contribution in [0.15, 0.2) is 0 Å². The van der Waals surface area contributed by atoms with Gasteiger partial charge in [-0.2, -0.15) is 0 Å². The summed E-state index contributed by atoms with van der Waals surface area (Å²) in [5, 5.41) is 7.64. The minimum Gasteiger partial charge on any atom is -0.359 e. The zero-order valence-electron chi connectivity index (χ0n) is 5.18. The van der Waals surface area contributed by atoms with E-state index in [1.165, 1.54) is 21.0 Å². The van der Waals surface area contributed by atoms with Gasteiger partial charge in [0.25, 0.3) is 0 Å². The van der Waals surface area contributed by atoms with Crippen molar-refractivity contribution in [1.29, 1.82) is 0 Å². The molecule has 0 aliphatic heterocycles. The van der Waals surface area contributed by atoms with Gasteiger partial charge in [-0.1, -0.05) is 0 Å². The Morgan fingerprint density at radius 3 is 2.00 bits per heavy atom. The topological polar surface area (TPSA) is 32.7 Å². The number of hydrogen-bond acceptors (Lipinski definition) is 3. The Hall–Kier alpha value is -0.190. The van der Waals surface area contributed by atoms with Crippen LogP contribution in [0.2, 0.25) is 0 Å². The van der Waals surface area contributed by atoms with E-state index >= 15 is 0 Å². The fourth-order valence-corrected chi connectivity index (χ4v) is 0.0753. The summed E-state index contributed by atoms with van der Waals surface area (Å²) in [6, 6.07) is 0. The van der Waals surface area contributed by atoms with E-state index in [9.17, 15) is 4.48 Å². The van der Waals surface area contributed by atoms with Crippen molar-refractivity contribution >= 4 is 0 Å². The first kappa shape index (κ1) is 7.81. The second-order valence-electron chi connectivity index (χ2n) is 1.91. The van der Waals surface area contributed by atoms with Crippen molar-refractivity contribution in [2.45, 2.75) is 19.6 Å². The maximum Gasteiger partial charge on any atom is 0.169 e. The van der Waals surface area contributed by atoms with Crippen molar-refractivity contribution in [3.05, 3.63) is 0 Å². The van der Waals surface area contributed by atoms with Crippen molar-refractivity contribution in [2.24, 2.45) is 0 Å². The molecule has 0 spiro atoms.